The van der Waals surface area contributed by atoms with Crippen LogP contribution >= 0.6 is 23.4 Å². The van der Waals surface area contributed by atoms with Crippen molar-refractivity contribution >= 4 is 40.1 Å². The summed E-state index contributed by atoms with van der Waals surface area (Å²) in [5.41, 5.74) is 10.3. The highest BCUT2D eigenvalue weighted by molar-refractivity contribution is 7.99. The van der Waals surface area contributed by atoms with Crippen LogP contribution in [0, 0.1) is 0 Å². The average molecular weight is 431 g/mol. The molecular formula is C22H15ClN6S. The van der Waals surface area contributed by atoms with Crippen molar-refractivity contribution in [1.82, 2.24) is 25.1 Å². The van der Waals surface area contributed by atoms with Gasteiger partial charge in [0.2, 0.25) is 0 Å². The summed E-state index contributed by atoms with van der Waals surface area (Å²) in [6, 6.07) is 17.5. The summed E-state index contributed by atoms with van der Waals surface area (Å²) in [5.74, 6) is 0.363. The second-order valence-corrected chi connectivity index (χ2v) is 8.03. The number of aromatic nitrogens is 5. The summed E-state index contributed by atoms with van der Waals surface area (Å²) in [4.78, 5) is 14.7. The number of anilines is 1. The molecule has 5 aromatic rings. The molecule has 0 aliphatic carbocycles. The number of nitrogens with two attached hydrogens (primary N) is 1. The Morgan fingerprint density at radius 2 is 1.73 bits per heavy atom. The van der Waals surface area contributed by atoms with Crippen molar-refractivity contribution in [3.05, 3.63) is 78.2 Å². The van der Waals surface area contributed by atoms with Gasteiger partial charge in [-0.15, -0.1) is 0 Å². The van der Waals surface area contributed by atoms with E-state index in [0.717, 1.165) is 26.9 Å². The van der Waals surface area contributed by atoms with E-state index in [-0.39, 0.29) is 0 Å². The molecule has 30 heavy (non-hydrogen) atoms. The quantitative estimate of drug-likeness (QED) is 0.392. The Kier molecular flexibility index (Phi) is 4.82. The third kappa shape index (κ3) is 3.49. The number of nitrogens with zero attached hydrogens (tertiary/aromatic N) is 4. The third-order valence-corrected chi connectivity index (χ3v) is 5.83. The van der Waals surface area contributed by atoms with Crippen molar-refractivity contribution in [3.8, 4) is 22.5 Å². The molecule has 3 heterocycles. The lowest BCUT2D eigenvalue weighted by Crippen LogP contribution is -2.02. The van der Waals surface area contributed by atoms with Crippen LogP contribution in [0.5, 0.6) is 0 Å². The first-order valence-electron chi connectivity index (χ1n) is 9.13. The summed E-state index contributed by atoms with van der Waals surface area (Å²) >= 11 is 7.92. The molecule has 3 N–H and O–H groups in total. The van der Waals surface area contributed by atoms with Crippen LogP contribution in [-0.4, -0.2) is 25.1 Å². The highest BCUT2D eigenvalue weighted by Gasteiger charge is 2.18. The topological polar surface area (TPSA) is 93.4 Å². The number of aromatic amines is 1. The molecule has 0 saturated heterocycles. The maximum Gasteiger partial charge on any atom is 0.157 e. The molecule has 2 aromatic carbocycles. The lowest BCUT2D eigenvalue weighted by atomic mass is 10.0. The lowest BCUT2D eigenvalue weighted by molar-refractivity contribution is 1.08. The van der Waals surface area contributed by atoms with Crippen LogP contribution in [0.3, 0.4) is 0 Å². The Balaban J connectivity index is 1.72. The summed E-state index contributed by atoms with van der Waals surface area (Å²) in [6.45, 7) is 0. The van der Waals surface area contributed by atoms with Crippen molar-refractivity contribution in [2.75, 3.05) is 5.73 Å². The Labute approximate surface area is 181 Å². The fraction of sp³-hybridized carbons (Fsp3) is 0. The number of pyridine rings is 1. The molecule has 3 aromatic heterocycles. The Morgan fingerprint density at radius 3 is 2.53 bits per heavy atom. The van der Waals surface area contributed by atoms with Gasteiger partial charge in [0.1, 0.15) is 5.03 Å². The van der Waals surface area contributed by atoms with E-state index < -0.39 is 0 Å². The smallest absolute Gasteiger partial charge is 0.157 e. The van der Waals surface area contributed by atoms with Crippen LogP contribution in [-0.2, 0) is 0 Å². The van der Waals surface area contributed by atoms with E-state index >= 15 is 0 Å². The molecule has 0 aliphatic rings. The molecular weight excluding hydrogens is 416 g/mol. The van der Waals surface area contributed by atoms with Gasteiger partial charge in [-0.3, -0.25) is 10.1 Å². The molecule has 0 atom stereocenters. The van der Waals surface area contributed by atoms with Gasteiger partial charge in [-0.2, -0.15) is 5.10 Å². The first-order valence-corrected chi connectivity index (χ1v) is 10.3. The number of nitrogen functional groups attached to an aromatic ring is 1. The highest BCUT2D eigenvalue weighted by Crippen LogP contribution is 2.38. The van der Waals surface area contributed by atoms with Crippen molar-refractivity contribution in [2.45, 2.75) is 9.92 Å². The zero-order chi connectivity index (χ0) is 20.5. The molecule has 146 valence electrons. The zero-order valence-corrected chi connectivity index (χ0v) is 17.2. The largest absolute Gasteiger partial charge is 0.381 e. The zero-order valence-electron chi connectivity index (χ0n) is 15.6. The van der Waals surface area contributed by atoms with E-state index in [0.29, 0.717) is 27.3 Å². The fourth-order valence-corrected chi connectivity index (χ4v) is 4.22. The minimum atomic E-state index is 0.363. The SMILES string of the molecule is Nc1nc(-c2ccccc2)c(-c2cc(Cl)c3[nH]ncc3c2)nc1Sc1cccnc1. The molecule has 0 fully saturated rings. The van der Waals surface area contributed by atoms with Crippen LogP contribution in [0.2, 0.25) is 5.02 Å². The standard InChI is InChI=1S/C22H15ClN6S/c23-17-10-14(9-15-11-26-29-18(15)17)20-19(13-5-2-1-3-6-13)27-21(24)22(28-20)30-16-7-4-8-25-12-16/h1-12H,(H2,24,27)(H,26,29). The Bertz CT molecular complexity index is 1340. The number of fused-ring (bicyclic) bond motifs is 1. The van der Waals surface area contributed by atoms with E-state index in [1.54, 1.807) is 18.6 Å². The molecule has 0 amide bonds. The molecule has 0 spiro atoms. The van der Waals surface area contributed by atoms with Crippen molar-refractivity contribution in [3.63, 3.8) is 0 Å². The summed E-state index contributed by atoms with van der Waals surface area (Å²) in [7, 11) is 0. The van der Waals surface area contributed by atoms with Gasteiger partial charge in [0.05, 0.1) is 28.1 Å². The highest BCUT2D eigenvalue weighted by atomic mass is 35.5. The van der Waals surface area contributed by atoms with Gasteiger partial charge >= 0.3 is 0 Å². The van der Waals surface area contributed by atoms with Crippen LogP contribution in [0.1, 0.15) is 0 Å². The van der Waals surface area contributed by atoms with E-state index in [4.69, 9.17) is 27.3 Å². The van der Waals surface area contributed by atoms with E-state index in [1.165, 1.54) is 11.8 Å². The maximum atomic E-state index is 6.50. The fourth-order valence-electron chi connectivity index (χ4n) is 3.18. The predicted molar refractivity (Wildman–Crippen MR) is 120 cm³/mol. The predicted octanol–water partition coefficient (Wildman–Crippen LogP) is 5.47. The maximum absolute atomic E-state index is 6.50. The number of nitrogens with one attached hydrogen (secondary N) is 1. The van der Waals surface area contributed by atoms with Gasteiger partial charge in [0.15, 0.2) is 5.82 Å². The van der Waals surface area contributed by atoms with Crippen molar-refractivity contribution in [1.29, 1.82) is 0 Å². The summed E-state index contributed by atoms with van der Waals surface area (Å²) in [6.07, 6.45) is 5.24. The molecule has 0 saturated carbocycles. The van der Waals surface area contributed by atoms with Crippen LogP contribution < -0.4 is 5.73 Å². The molecule has 0 aliphatic heterocycles. The minimum Gasteiger partial charge on any atom is -0.381 e. The van der Waals surface area contributed by atoms with Gasteiger partial charge in [-0.1, -0.05) is 53.7 Å². The van der Waals surface area contributed by atoms with Crippen LogP contribution in [0.4, 0.5) is 5.82 Å². The molecule has 5 rings (SSSR count). The number of benzene rings is 2. The molecule has 0 radical (unpaired) electrons. The van der Waals surface area contributed by atoms with Gasteiger partial charge in [-0.05, 0) is 24.3 Å². The van der Waals surface area contributed by atoms with Crippen LogP contribution in [0.15, 0.2) is 83.1 Å². The Morgan fingerprint density at radius 1 is 0.900 bits per heavy atom. The van der Waals surface area contributed by atoms with E-state index in [9.17, 15) is 0 Å². The van der Waals surface area contributed by atoms with E-state index in [1.807, 2.05) is 54.6 Å². The Hall–Kier alpha value is -3.42. The lowest BCUT2D eigenvalue weighted by Gasteiger charge is -2.13. The second kappa shape index (κ2) is 7.78. The number of halogens is 1. The third-order valence-electron chi connectivity index (χ3n) is 4.56. The first-order chi connectivity index (χ1) is 14.7. The number of hydrogen-bond acceptors (Lipinski definition) is 6. The van der Waals surface area contributed by atoms with Crippen molar-refractivity contribution < 1.29 is 0 Å². The van der Waals surface area contributed by atoms with Crippen molar-refractivity contribution in [2.24, 2.45) is 0 Å². The molecule has 0 unspecified atom stereocenters. The molecule has 8 heteroatoms. The first kappa shape index (κ1) is 18.6. The summed E-state index contributed by atoms with van der Waals surface area (Å²) in [5, 5.41) is 9.09. The second-order valence-electron chi connectivity index (χ2n) is 6.56. The van der Waals surface area contributed by atoms with Gasteiger partial charge < -0.3 is 5.73 Å². The van der Waals surface area contributed by atoms with Gasteiger partial charge in [0, 0.05) is 33.8 Å². The number of rotatable bonds is 4. The molecule has 6 nitrogen and oxygen atoms in total. The van der Waals surface area contributed by atoms with E-state index in [2.05, 4.69) is 15.2 Å². The molecule has 0 bridgehead atoms. The number of hydrogen-bond donors (Lipinski definition) is 2. The number of H-pyrrole nitrogens is 1. The van der Waals surface area contributed by atoms with Crippen LogP contribution in [0.25, 0.3) is 33.4 Å². The minimum absolute atomic E-state index is 0.363. The van der Waals surface area contributed by atoms with Gasteiger partial charge in [-0.25, -0.2) is 9.97 Å². The monoisotopic (exact) mass is 430 g/mol. The average Bonchev–Trinajstić information content (AvgIpc) is 3.26. The van der Waals surface area contributed by atoms with Gasteiger partial charge in [0.25, 0.3) is 0 Å². The summed E-state index contributed by atoms with van der Waals surface area (Å²) < 4.78 is 0. The normalized spacial score (nSPS) is 11.1.